The number of aryl methyl sites for hydroxylation is 1. The minimum Gasteiger partial charge on any atom is -0.300 e. The van der Waals surface area contributed by atoms with Crippen LogP contribution in [0.5, 0.6) is 0 Å². The normalized spacial score (nSPS) is 11.0. The van der Waals surface area contributed by atoms with Crippen molar-refractivity contribution in [3.8, 4) is 5.69 Å². The van der Waals surface area contributed by atoms with Gasteiger partial charge in [-0.05, 0) is 36.8 Å². The lowest BCUT2D eigenvalue weighted by atomic mass is 10.1. The van der Waals surface area contributed by atoms with E-state index in [0.717, 1.165) is 28.1 Å². The largest absolute Gasteiger partial charge is 0.300 e. The van der Waals surface area contributed by atoms with E-state index < -0.39 is 0 Å². The van der Waals surface area contributed by atoms with Crippen LogP contribution in [0.2, 0.25) is 0 Å². The molecule has 0 spiro atoms. The van der Waals surface area contributed by atoms with E-state index in [1.165, 1.54) is 0 Å². The van der Waals surface area contributed by atoms with E-state index in [-0.39, 0.29) is 5.78 Å². The Hall–Kier alpha value is -2.42. The fourth-order valence-electron chi connectivity index (χ4n) is 2.83. The average molecular weight is 279 g/mol. The summed E-state index contributed by atoms with van der Waals surface area (Å²) in [5.41, 5.74) is 4.53. The van der Waals surface area contributed by atoms with Crippen LogP contribution in [0.1, 0.15) is 18.3 Å². The highest BCUT2D eigenvalue weighted by Crippen LogP contribution is 2.18. The Kier molecular flexibility index (Phi) is 3.34. The smallest absolute Gasteiger partial charge is 0.259 e. The number of benzene rings is 2. The number of carbonyl (C=O) groups is 1. The van der Waals surface area contributed by atoms with Gasteiger partial charge in [0.2, 0.25) is 0 Å². The van der Waals surface area contributed by atoms with Gasteiger partial charge in [0.15, 0.2) is 11.0 Å². The third-order valence-electron chi connectivity index (χ3n) is 3.92. The SMILES string of the molecule is CC(=O)Cc1ccc2c(c1)n(C)c(C)[n+]2-c1ccccc1. The highest BCUT2D eigenvalue weighted by molar-refractivity contribution is 5.81. The molecule has 0 aliphatic carbocycles. The molecule has 1 heterocycles. The van der Waals surface area contributed by atoms with Gasteiger partial charge in [-0.2, -0.15) is 4.57 Å². The zero-order valence-corrected chi connectivity index (χ0v) is 12.6. The van der Waals surface area contributed by atoms with Crippen LogP contribution < -0.4 is 4.57 Å². The van der Waals surface area contributed by atoms with Crippen LogP contribution in [0.15, 0.2) is 48.5 Å². The van der Waals surface area contributed by atoms with Gasteiger partial charge < -0.3 is 0 Å². The number of aromatic nitrogens is 2. The van der Waals surface area contributed by atoms with Crippen molar-refractivity contribution in [1.82, 2.24) is 4.57 Å². The molecule has 0 bridgehead atoms. The summed E-state index contributed by atoms with van der Waals surface area (Å²) in [5.74, 6) is 1.35. The number of imidazole rings is 1. The number of fused-ring (bicyclic) bond motifs is 1. The van der Waals surface area contributed by atoms with E-state index in [4.69, 9.17) is 0 Å². The Balaban J connectivity index is 2.23. The molecule has 106 valence electrons. The second-order valence-electron chi connectivity index (χ2n) is 5.48. The van der Waals surface area contributed by atoms with Crippen molar-refractivity contribution in [3.63, 3.8) is 0 Å². The summed E-state index contributed by atoms with van der Waals surface area (Å²) in [6.45, 7) is 3.74. The van der Waals surface area contributed by atoms with Gasteiger partial charge in [0.1, 0.15) is 11.5 Å². The second-order valence-corrected chi connectivity index (χ2v) is 5.48. The molecule has 0 aliphatic rings. The first kappa shape index (κ1) is 13.6. The molecule has 0 radical (unpaired) electrons. The summed E-state index contributed by atoms with van der Waals surface area (Å²) in [4.78, 5) is 11.3. The number of ketones is 1. The van der Waals surface area contributed by atoms with Gasteiger partial charge in [0, 0.05) is 13.3 Å². The molecule has 3 heteroatoms. The van der Waals surface area contributed by atoms with Gasteiger partial charge in [0.05, 0.1) is 7.05 Å². The van der Waals surface area contributed by atoms with Crippen LogP contribution in [-0.4, -0.2) is 10.4 Å². The topological polar surface area (TPSA) is 25.9 Å². The van der Waals surface area contributed by atoms with Gasteiger partial charge in [-0.15, -0.1) is 0 Å². The lowest BCUT2D eigenvalue weighted by Crippen LogP contribution is -2.33. The van der Waals surface area contributed by atoms with E-state index in [1.807, 2.05) is 24.3 Å². The Morgan fingerprint density at radius 1 is 1.14 bits per heavy atom. The third kappa shape index (κ3) is 2.35. The summed E-state index contributed by atoms with van der Waals surface area (Å²) >= 11 is 0. The lowest BCUT2D eigenvalue weighted by molar-refractivity contribution is -0.575. The zero-order chi connectivity index (χ0) is 15.0. The van der Waals surface area contributed by atoms with E-state index in [1.54, 1.807) is 6.92 Å². The fourth-order valence-corrected chi connectivity index (χ4v) is 2.83. The first-order valence-electron chi connectivity index (χ1n) is 7.13. The van der Waals surface area contributed by atoms with Crippen molar-refractivity contribution >= 4 is 16.8 Å². The molecule has 0 fully saturated rings. The highest BCUT2D eigenvalue weighted by atomic mass is 16.1. The molecular weight excluding hydrogens is 260 g/mol. The van der Waals surface area contributed by atoms with E-state index >= 15 is 0 Å². The number of hydrogen-bond acceptors (Lipinski definition) is 1. The van der Waals surface area contributed by atoms with Crippen molar-refractivity contribution in [1.29, 1.82) is 0 Å². The summed E-state index contributed by atoms with van der Waals surface area (Å²) in [7, 11) is 2.06. The van der Waals surface area contributed by atoms with Gasteiger partial charge in [-0.25, -0.2) is 4.57 Å². The maximum absolute atomic E-state index is 11.3. The first-order valence-corrected chi connectivity index (χ1v) is 7.13. The second kappa shape index (κ2) is 5.17. The number of rotatable bonds is 3. The predicted octanol–water partition coefficient (Wildman–Crippen LogP) is 2.89. The third-order valence-corrected chi connectivity index (χ3v) is 3.92. The first-order chi connectivity index (χ1) is 10.1. The van der Waals surface area contributed by atoms with Gasteiger partial charge >= 0.3 is 0 Å². The molecule has 0 unspecified atom stereocenters. The van der Waals surface area contributed by atoms with E-state index in [0.29, 0.717) is 6.42 Å². The Labute approximate surface area is 124 Å². The monoisotopic (exact) mass is 279 g/mol. The lowest BCUT2D eigenvalue weighted by Gasteiger charge is -1.99. The van der Waals surface area contributed by atoms with Crippen LogP contribution in [0.3, 0.4) is 0 Å². The molecular formula is C18H19N2O+. The van der Waals surface area contributed by atoms with E-state index in [9.17, 15) is 4.79 Å². The van der Waals surface area contributed by atoms with Crippen molar-refractivity contribution < 1.29 is 9.36 Å². The van der Waals surface area contributed by atoms with Gasteiger partial charge in [-0.1, -0.05) is 24.3 Å². The van der Waals surface area contributed by atoms with Crippen LogP contribution in [0.4, 0.5) is 0 Å². The summed E-state index contributed by atoms with van der Waals surface area (Å²) in [6, 6.07) is 16.6. The van der Waals surface area contributed by atoms with Gasteiger partial charge in [-0.3, -0.25) is 4.79 Å². The molecule has 2 aromatic carbocycles. The number of para-hydroxylation sites is 1. The predicted molar refractivity (Wildman–Crippen MR) is 83.6 cm³/mol. The standard InChI is InChI=1S/C18H19N2O/c1-13(21)11-15-9-10-17-18(12-15)19(3)14(2)20(17)16-7-5-4-6-8-16/h4-10,12H,11H2,1-3H3/q+1. The summed E-state index contributed by atoms with van der Waals surface area (Å²) in [5, 5.41) is 0. The number of nitrogens with zero attached hydrogens (tertiary/aromatic N) is 2. The Morgan fingerprint density at radius 3 is 2.52 bits per heavy atom. The molecule has 1 aromatic heterocycles. The number of Topliss-reactive ketones (excluding diaryl/α,β-unsaturated/α-hetero) is 1. The van der Waals surface area contributed by atoms with Crippen molar-refractivity contribution in [2.75, 3.05) is 0 Å². The quantitative estimate of drug-likeness (QED) is 0.677. The summed E-state index contributed by atoms with van der Waals surface area (Å²) < 4.78 is 4.42. The Morgan fingerprint density at radius 2 is 1.86 bits per heavy atom. The maximum atomic E-state index is 11.3. The molecule has 21 heavy (non-hydrogen) atoms. The summed E-state index contributed by atoms with van der Waals surface area (Å²) in [6.07, 6.45) is 0.492. The maximum Gasteiger partial charge on any atom is 0.259 e. The molecule has 0 saturated heterocycles. The van der Waals surface area contributed by atoms with Gasteiger partial charge in [0.25, 0.3) is 5.82 Å². The molecule has 3 nitrogen and oxygen atoms in total. The van der Waals surface area contributed by atoms with E-state index in [2.05, 4.69) is 47.4 Å². The van der Waals surface area contributed by atoms with Crippen LogP contribution in [0, 0.1) is 6.92 Å². The molecule has 0 amide bonds. The molecule has 3 aromatic rings. The van der Waals surface area contributed by atoms with Crippen LogP contribution in [-0.2, 0) is 18.3 Å². The van der Waals surface area contributed by atoms with Crippen LogP contribution >= 0.6 is 0 Å². The molecule has 0 saturated carbocycles. The average Bonchev–Trinajstić information content (AvgIpc) is 2.71. The molecule has 0 atom stereocenters. The molecule has 0 aliphatic heterocycles. The minimum atomic E-state index is 0.191. The van der Waals surface area contributed by atoms with Crippen molar-refractivity contribution in [2.24, 2.45) is 7.05 Å². The molecule has 3 rings (SSSR count). The highest BCUT2D eigenvalue weighted by Gasteiger charge is 2.20. The van der Waals surface area contributed by atoms with Crippen molar-refractivity contribution in [2.45, 2.75) is 20.3 Å². The zero-order valence-electron chi connectivity index (χ0n) is 12.6. The Bertz CT molecular complexity index is 816. The minimum absolute atomic E-state index is 0.191. The van der Waals surface area contributed by atoms with Crippen molar-refractivity contribution in [3.05, 3.63) is 59.9 Å². The fraction of sp³-hybridized carbons (Fsp3) is 0.222. The number of carbonyl (C=O) groups excluding carboxylic acids is 1. The van der Waals surface area contributed by atoms with Crippen LogP contribution in [0.25, 0.3) is 16.7 Å². The number of hydrogen-bond donors (Lipinski definition) is 0. The molecule has 0 N–H and O–H groups in total.